The molecular weight excluding hydrogens is 216 g/mol. The molecule has 0 atom stereocenters. The molecule has 0 heterocycles. The molecular formula is C13H18N2O2. The second-order valence-corrected chi connectivity index (χ2v) is 4.80. The quantitative estimate of drug-likeness (QED) is 0.734. The van der Waals surface area contributed by atoms with Gasteiger partial charge in [-0.3, -0.25) is 4.79 Å². The smallest absolute Gasteiger partial charge is 0.222 e. The normalized spacial score (nSPS) is 17.2. The van der Waals surface area contributed by atoms with Crippen LogP contribution < -0.4 is 11.1 Å². The van der Waals surface area contributed by atoms with Gasteiger partial charge in [0.05, 0.1) is 0 Å². The molecule has 0 saturated heterocycles. The summed E-state index contributed by atoms with van der Waals surface area (Å²) in [5, 5.41) is 12.3. The molecule has 0 spiro atoms. The number of rotatable bonds is 4. The van der Waals surface area contributed by atoms with Crippen molar-refractivity contribution in [2.75, 3.05) is 0 Å². The number of nitrogens with two attached hydrogens (primary N) is 1. The molecule has 1 aliphatic carbocycles. The van der Waals surface area contributed by atoms with Gasteiger partial charge in [-0.2, -0.15) is 0 Å². The first kappa shape index (κ1) is 11.9. The predicted molar refractivity (Wildman–Crippen MR) is 65.3 cm³/mol. The van der Waals surface area contributed by atoms with Crippen LogP contribution in [0.3, 0.4) is 0 Å². The van der Waals surface area contributed by atoms with E-state index in [4.69, 9.17) is 5.73 Å². The maximum Gasteiger partial charge on any atom is 0.222 e. The molecule has 17 heavy (non-hydrogen) atoms. The lowest BCUT2D eigenvalue weighted by Crippen LogP contribution is -2.49. The van der Waals surface area contributed by atoms with E-state index in [1.165, 1.54) is 0 Å². The molecule has 4 N–H and O–H groups in total. The number of carbonyl (C=O) groups is 1. The molecule has 1 aromatic rings. The first-order valence-corrected chi connectivity index (χ1v) is 5.92. The number of phenols is 1. The average Bonchev–Trinajstić information content (AvgIpc) is 2.26. The van der Waals surface area contributed by atoms with Crippen molar-refractivity contribution in [1.29, 1.82) is 0 Å². The van der Waals surface area contributed by atoms with Crippen molar-refractivity contribution in [1.82, 2.24) is 5.32 Å². The lowest BCUT2D eigenvalue weighted by atomic mass is 9.75. The highest BCUT2D eigenvalue weighted by molar-refractivity contribution is 5.77. The Labute approximate surface area is 101 Å². The minimum Gasteiger partial charge on any atom is -0.508 e. The van der Waals surface area contributed by atoms with Crippen LogP contribution >= 0.6 is 0 Å². The number of aromatic hydroxyl groups is 1. The van der Waals surface area contributed by atoms with Gasteiger partial charge in [0.15, 0.2) is 0 Å². The lowest BCUT2D eigenvalue weighted by Gasteiger charge is -2.37. The molecule has 0 bridgehead atoms. The number of amides is 1. The maximum atomic E-state index is 11.7. The third-order valence-corrected chi connectivity index (χ3v) is 3.33. The maximum absolute atomic E-state index is 11.7. The van der Waals surface area contributed by atoms with Gasteiger partial charge in [0.2, 0.25) is 5.91 Å². The second-order valence-electron chi connectivity index (χ2n) is 4.80. The van der Waals surface area contributed by atoms with Gasteiger partial charge >= 0.3 is 0 Å². The van der Waals surface area contributed by atoms with Crippen molar-refractivity contribution in [2.24, 2.45) is 5.73 Å². The fourth-order valence-electron chi connectivity index (χ4n) is 2.04. The number of nitrogens with one attached hydrogen (secondary N) is 1. The Morgan fingerprint density at radius 1 is 1.41 bits per heavy atom. The Bertz CT molecular complexity index is 414. The van der Waals surface area contributed by atoms with Crippen LogP contribution in [0.5, 0.6) is 5.75 Å². The van der Waals surface area contributed by atoms with Gasteiger partial charge in [-0.1, -0.05) is 18.2 Å². The van der Waals surface area contributed by atoms with Crippen molar-refractivity contribution < 1.29 is 9.90 Å². The Kier molecular flexibility index (Phi) is 3.33. The summed E-state index contributed by atoms with van der Waals surface area (Å²) in [4.78, 5) is 11.7. The number of benzene rings is 1. The molecule has 1 aliphatic rings. The molecule has 0 unspecified atom stereocenters. The monoisotopic (exact) mass is 234 g/mol. The van der Waals surface area contributed by atoms with Crippen LogP contribution in [0.15, 0.2) is 24.3 Å². The minimum absolute atomic E-state index is 0.0459. The van der Waals surface area contributed by atoms with Gasteiger partial charge < -0.3 is 16.2 Å². The fraction of sp³-hybridized carbons (Fsp3) is 0.462. The van der Waals surface area contributed by atoms with Crippen molar-refractivity contribution >= 4 is 5.91 Å². The van der Waals surface area contributed by atoms with Crippen LogP contribution in [0.2, 0.25) is 0 Å². The van der Waals surface area contributed by atoms with Gasteiger partial charge in [-0.15, -0.1) is 0 Å². The van der Waals surface area contributed by atoms with E-state index in [0.717, 1.165) is 24.8 Å². The van der Waals surface area contributed by atoms with Crippen molar-refractivity contribution in [3.05, 3.63) is 29.8 Å². The van der Waals surface area contributed by atoms with E-state index in [9.17, 15) is 9.90 Å². The van der Waals surface area contributed by atoms with E-state index >= 15 is 0 Å². The van der Waals surface area contributed by atoms with Crippen LogP contribution in [-0.2, 0) is 11.3 Å². The molecule has 1 amide bonds. The van der Waals surface area contributed by atoms with E-state index in [1.54, 1.807) is 18.2 Å². The van der Waals surface area contributed by atoms with Gasteiger partial charge in [0.25, 0.3) is 0 Å². The molecule has 1 aromatic carbocycles. The zero-order valence-electron chi connectivity index (χ0n) is 9.78. The number of hydrogen-bond donors (Lipinski definition) is 3. The highest BCUT2D eigenvalue weighted by Gasteiger charge is 2.34. The summed E-state index contributed by atoms with van der Waals surface area (Å²) in [6.45, 7) is 0.349. The summed E-state index contributed by atoms with van der Waals surface area (Å²) >= 11 is 0. The first-order chi connectivity index (χ1) is 8.09. The highest BCUT2D eigenvalue weighted by Crippen LogP contribution is 2.31. The Balaban J connectivity index is 1.82. The summed E-state index contributed by atoms with van der Waals surface area (Å²) in [5.74, 6) is 0.161. The Hall–Kier alpha value is -1.55. The Morgan fingerprint density at radius 3 is 2.71 bits per heavy atom. The number of carbonyl (C=O) groups excluding carboxylic acids is 1. The molecule has 4 nitrogen and oxygen atoms in total. The first-order valence-electron chi connectivity index (χ1n) is 5.92. The van der Waals surface area contributed by atoms with E-state index in [0.29, 0.717) is 13.0 Å². The van der Waals surface area contributed by atoms with Gasteiger partial charge in [0, 0.05) is 24.1 Å². The van der Waals surface area contributed by atoms with E-state index in [2.05, 4.69) is 5.32 Å². The van der Waals surface area contributed by atoms with E-state index in [1.807, 2.05) is 6.07 Å². The summed E-state index contributed by atoms with van der Waals surface area (Å²) < 4.78 is 0. The number of para-hydroxylation sites is 1. The number of phenolic OH excluding ortho intramolecular Hbond substituents is 1. The molecule has 0 aliphatic heterocycles. The summed E-state index contributed by atoms with van der Waals surface area (Å²) in [5.41, 5.74) is 6.43. The summed E-state index contributed by atoms with van der Waals surface area (Å²) in [7, 11) is 0. The molecule has 1 fully saturated rings. The minimum atomic E-state index is -0.289. The summed E-state index contributed by atoms with van der Waals surface area (Å²) in [6.07, 6.45) is 3.35. The molecule has 1 saturated carbocycles. The van der Waals surface area contributed by atoms with Crippen LogP contribution in [0.4, 0.5) is 0 Å². The lowest BCUT2D eigenvalue weighted by molar-refractivity contribution is -0.123. The van der Waals surface area contributed by atoms with Crippen molar-refractivity contribution in [3.63, 3.8) is 0 Å². The molecule has 0 aromatic heterocycles. The third kappa shape index (κ3) is 2.97. The number of hydrogen-bond acceptors (Lipinski definition) is 3. The topological polar surface area (TPSA) is 75.4 Å². The zero-order valence-corrected chi connectivity index (χ0v) is 9.78. The SMILES string of the molecule is NC1(CC(=O)NCc2ccccc2O)CCC1. The van der Waals surface area contributed by atoms with Gasteiger partial charge in [-0.05, 0) is 25.3 Å². The van der Waals surface area contributed by atoms with E-state index < -0.39 is 0 Å². The van der Waals surface area contributed by atoms with Crippen LogP contribution in [-0.4, -0.2) is 16.6 Å². The molecule has 0 radical (unpaired) electrons. The average molecular weight is 234 g/mol. The van der Waals surface area contributed by atoms with Crippen LogP contribution in [0.1, 0.15) is 31.2 Å². The predicted octanol–water partition coefficient (Wildman–Crippen LogP) is 1.28. The van der Waals surface area contributed by atoms with Crippen LogP contribution in [0.25, 0.3) is 0 Å². The second kappa shape index (κ2) is 4.75. The van der Waals surface area contributed by atoms with Crippen LogP contribution in [0, 0.1) is 0 Å². The molecule has 2 rings (SSSR count). The van der Waals surface area contributed by atoms with E-state index in [-0.39, 0.29) is 17.2 Å². The highest BCUT2D eigenvalue weighted by atomic mass is 16.3. The van der Waals surface area contributed by atoms with Gasteiger partial charge in [0.1, 0.15) is 5.75 Å². The Morgan fingerprint density at radius 2 is 2.12 bits per heavy atom. The molecule has 4 heteroatoms. The zero-order chi connectivity index (χ0) is 12.3. The van der Waals surface area contributed by atoms with Crippen molar-refractivity contribution in [3.8, 4) is 5.75 Å². The molecule has 92 valence electrons. The third-order valence-electron chi connectivity index (χ3n) is 3.33. The largest absolute Gasteiger partial charge is 0.508 e. The fourth-order valence-corrected chi connectivity index (χ4v) is 2.04. The standard InChI is InChI=1S/C13H18N2O2/c14-13(6-3-7-13)8-12(17)15-9-10-4-1-2-5-11(10)16/h1-2,4-5,16H,3,6-9,14H2,(H,15,17). The summed E-state index contributed by atoms with van der Waals surface area (Å²) in [6, 6.07) is 6.98. The van der Waals surface area contributed by atoms with Gasteiger partial charge in [-0.25, -0.2) is 0 Å². The van der Waals surface area contributed by atoms with Crippen molar-refractivity contribution in [2.45, 2.75) is 37.8 Å².